The van der Waals surface area contributed by atoms with E-state index >= 15 is 0 Å². The number of hydrogen-bond donors (Lipinski definition) is 2. The summed E-state index contributed by atoms with van der Waals surface area (Å²) < 4.78 is 37.9. The molecule has 8 nitrogen and oxygen atoms in total. The van der Waals surface area contributed by atoms with Crippen molar-refractivity contribution >= 4 is 57.8 Å². The van der Waals surface area contributed by atoms with Crippen molar-refractivity contribution in [2.45, 2.75) is 19.0 Å². The lowest BCUT2D eigenvalue weighted by atomic mass is 10.0. The molecule has 0 atom stereocenters. The average Bonchev–Trinajstić information content (AvgIpc) is 2.84. The van der Waals surface area contributed by atoms with Crippen LogP contribution in [0.2, 0.25) is 15.1 Å². The Labute approximate surface area is 229 Å². The molecule has 0 saturated heterocycles. The third kappa shape index (κ3) is 8.79. The third-order valence-corrected chi connectivity index (χ3v) is 5.69. The van der Waals surface area contributed by atoms with Crippen LogP contribution in [-0.4, -0.2) is 29.3 Å². The summed E-state index contributed by atoms with van der Waals surface area (Å²) in [5.41, 5.74) is 6.50. The summed E-state index contributed by atoms with van der Waals surface area (Å²) in [6.45, 7) is -1.58. The van der Waals surface area contributed by atoms with Crippen molar-refractivity contribution in [1.82, 2.24) is 5.43 Å². The molecule has 0 saturated carbocycles. The number of carbonyl (C=O) groups excluding carboxylic acids is 1. The Hall–Kier alpha value is -3.54. The summed E-state index contributed by atoms with van der Waals surface area (Å²) in [6, 6.07) is 14.3. The van der Waals surface area contributed by atoms with Gasteiger partial charge in [-0.15, -0.1) is 0 Å². The molecule has 0 aromatic heterocycles. The molecule has 0 aliphatic rings. The average molecular weight is 590 g/mol. The van der Waals surface area contributed by atoms with E-state index in [-0.39, 0.29) is 34.1 Å². The number of nitro groups is 1. The van der Waals surface area contributed by atoms with Gasteiger partial charge in [-0.25, -0.2) is 0 Å². The van der Waals surface area contributed by atoms with Crippen LogP contribution in [0.15, 0.2) is 65.8 Å². The summed E-state index contributed by atoms with van der Waals surface area (Å²) in [5.74, 6) is -0.610. The van der Waals surface area contributed by atoms with Gasteiger partial charge in [0.2, 0.25) is 6.61 Å². The number of alkyl halides is 3. The molecule has 200 valence electrons. The van der Waals surface area contributed by atoms with Crippen LogP contribution in [0.4, 0.5) is 24.5 Å². The highest BCUT2D eigenvalue weighted by molar-refractivity contribution is 6.34. The lowest BCUT2D eigenvalue weighted by molar-refractivity contribution is -0.384. The first-order valence-electron chi connectivity index (χ1n) is 10.7. The van der Waals surface area contributed by atoms with Gasteiger partial charge in [0.05, 0.1) is 21.3 Å². The number of nitro benzene ring substituents is 1. The van der Waals surface area contributed by atoms with Gasteiger partial charge >= 0.3 is 6.18 Å². The second-order valence-corrected chi connectivity index (χ2v) is 9.06. The van der Waals surface area contributed by atoms with Crippen molar-refractivity contribution < 1.29 is 27.7 Å². The van der Waals surface area contributed by atoms with Crippen LogP contribution in [0.5, 0.6) is 0 Å². The van der Waals surface area contributed by atoms with E-state index in [1.807, 2.05) is 0 Å². The Morgan fingerprint density at radius 3 is 2.21 bits per heavy atom. The minimum absolute atomic E-state index is 0.137. The number of halogens is 6. The van der Waals surface area contributed by atoms with Crippen molar-refractivity contribution in [2.75, 3.05) is 12.0 Å². The van der Waals surface area contributed by atoms with Crippen molar-refractivity contribution in [3.05, 3.63) is 103 Å². The van der Waals surface area contributed by atoms with Crippen LogP contribution >= 0.6 is 34.8 Å². The number of rotatable bonds is 10. The van der Waals surface area contributed by atoms with Crippen LogP contribution in [0.3, 0.4) is 0 Å². The molecule has 3 rings (SSSR count). The highest BCUT2D eigenvalue weighted by Crippen LogP contribution is 2.25. The van der Waals surface area contributed by atoms with Crippen LogP contribution < -0.4 is 10.9 Å². The minimum Gasteiger partial charge on any atom is -0.386 e. The molecule has 0 fully saturated rings. The number of nitrogens with one attached hydrogen (secondary N) is 2. The van der Waals surface area contributed by atoms with Crippen molar-refractivity contribution in [2.24, 2.45) is 5.16 Å². The van der Waals surface area contributed by atoms with Crippen LogP contribution in [0, 0.1) is 10.1 Å². The van der Waals surface area contributed by atoms with Gasteiger partial charge in [-0.2, -0.15) is 13.2 Å². The van der Waals surface area contributed by atoms with E-state index in [2.05, 4.69) is 20.8 Å². The molecule has 3 aromatic carbocycles. The summed E-state index contributed by atoms with van der Waals surface area (Å²) in [7, 11) is 0. The number of hydrogen-bond acceptors (Lipinski definition) is 6. The molecule has 38 heavy (non-hydrogen) atoms. The van der Waals surface area contributed by atoms with Gasteiger partial charge in [-0.1, -0.05) is 46.0 Å². The van der Waals surface area contributed by atoms with E-state index in [0.717, 1.165) is 5.56 Å². The zero-order valence-corrected chi connectivity index (χ0v) is 21.5. The second kappa shape index (κ2) is 12.8. The topological polar surface area (TPSA) is 106 Å². The molecule has 3 aromatic rings. The number of benzene rings is 3. The monoisotopic (exact) mass is 588 g/mol. The normalized spacial score (nSPS) is 11.7. The van der Waals surface area contributed by atoms with E-state index in [4.69, 9.17) is 34.8 Å². The van der Waals surface area contributed by atoms with Gasteiger partial charge in [-0.3, -0.25) is 25.8 Å². The Balaban J connectivity index is 1.78. The molecule has 0 heterocycles. The lowest BCUT2D eigenvalue weighted by Gasteiger charge is -2.14. The number of oxime groups is 1. The largest absolute Gasteiger partial charge is 0.425 e. The SMILES string of the molecule is O=C(NNc1cc(/C(CCc2cc(Cl)cc(Cl)c2)=N/OCC(F)(F)F)ccc1Cl)c1ccc([N+](=O)[O-])cc1. The summed E-state index contributed by atoms with van der Waals surface area (Å²) in [6.07, 6.45) is -4.09. The predicted molar refractivity (Wildman–Crippen MR) is 139 cm³/mol. The van der Waals surface area contributed by atoms with Gasteiger partial charge < -0.3 is 4.84 Å². The first kappa shape index (κ1) is 29.0. The molecule has 0 aliphatic heterocycles. The summed E-state index contributed by atoms with van der Waals surface area (Å²) in [5, 5.41) is 15.5. The van der Waals surface area contributed by atoms with Crippen molar-refractivity contribution in [3.8, 4) is 0 Å². The Morgan fingerprint density at radius 2 is 1.61 bits per heavy atom. The van der Waals surface area contributed by atoms with Gasteiger partial charge in [0.15, 0.2) is 0 Å². The molecule has 0 spiro atoms. The molecule has 0 unspecified atom stereocenters. The molecule has 14 heteroatoms. The maximum Gasteiger partial charge on any atom is 0.425 e. The van der Waals surface area contributed by atoms with E-state index < -0.39 is 23.6 Å². The molecule has 1 amide bonds. The molecule has 0 radical (unpaired) electrons. The molecular formula is C24H18Cl3F3N4O4. The van der Waals surface area contributed by atoms with Crippen molar-refractivity contribution in [3.63, 3.8) is 0 Å². The maximum absolute atomic E-state index is 12.6. The molecular weight excluding hydrogens is 572 g/mol. The van der Waals surface area contributed by atoms with Gasteiger partial charge in [0.1, 0.15) is 0 Å². The number of amides is 1. The second-order valence-electron chi connectivity index (χ2n) is 7.78. The van der Waals surface area contributed by atoms with Crippen LogP contribution in [0.25, 0.3) is 0 Å². The number of aryl methyl sites for hydroxylation is 1. The summed E-state index contributed by atoms with van der Waals surface area (Å²) in [4.78, 5) is 27.2. The highest BCUT2D eigenvalue weighted by Gasteiger charge is 2.28. The highest BCUT2D eigenvalue weighted by atomic mass is 35.5. The maximum atomic E-state index is 12.6. The van der Waals surface area contributed by atoms with E-state index in [0.29, 0.717) is 22.0 Å². The zero-order valence-electron chi connectivity index (χ0n) is 19.2. The van der Waals surface area contributed by atoms with Gasteiger partial charge in [0.25, 0.3) is 11.6 Å². The van der Waals surface area contributed by atoms with E-state index in [9.17, 15) is 28.1 Å². The Bertz CT molecular complexity index is 1330. The van der Waals surface area contributed by atoms with Gasteiger partial charge in [0, 0.05) is 33.3 Å². The van der Waals surface area contributed by atoms with Crippen LogP contribution in [-0.2, 0) is 11.3 Å². The van der Waals surface area contributed by atoms with E-state index in [1.165, 1.54) is 42.5 Å². The first-order chi connectivity index (χ1) is 17.9. The Morgan fingerprint density at radius 1 is 0.974 bits per heavy atom. The number of anilines is 1. The number of nitrogens with zero attached hydrogens (tertiary/aromatic N) is 2. The Kier molecular flexibility index (Phi) is 9.78. The number of non-ortho nitro benzene ring substituents is 1. The standard InChI is InChI=1S/C24H18Cl3F3N4O4/c25-17-9-14(10-18(26)12-17)1-8-21(33-38-13-24(28,29)30)16-4-7-20(27)22(11-16)31-32-23(35)15-2-5-19(6-3-15)34(36)37/h2-7,9-12,31H,1,8,13H2,(H,32,35)/b33-21+. The van der Waals surface area contributed by atoms with E-state index in [1.54, 1.807) is 18.2 Å². The molecule has 0 bridgehead atoms. The fourth-order valence-corrected chi connectivity index (χ4v) is 3.91. The molecule has 2 N–H and O–H groups in total. The predicted octanol–water partition coefficient (Wildman–Crippen LogP) is 7.23. The van der Waals surface area contributed by atoms with Crippen molar-refractivity contribution in [1.29, 1.82) is 0 Å². The lowest BCUT2D eigenvalue weighted by Crippen LogP contribution is -2.29. The molecule has 0 aliphatic carbocycles. The number of carbonyl (C=O) groups is 1. The smallest absolute Gasteiger partial charge is 0.386 e. The third-order valence-electron chi connectivity index (χ3n) is 4.93. The number of hydrazine groups is 1. The minimum atomic E-state index is -4.58. The first-order valence-corrected chi connectivity index (χ1v) is 11.9. The fraction of sp³-hybridized carbons (Fsp3) is 0.167. The summed E-state index contributed by atoms with van der Waals surface area (Å²) >= 11 is 18.3. The van der Waals surface area contributed by atoms with Crippen LogP contribution in [0.1, 0.15) is 27.9 Å². The zero-order chi connectivity index (χ0) is 27.9. The fourth-order valence-electron chi connectivity index (χ4n) is 3.18. The quantitative estimate of drug-likeness (QED) is 0.147. The van der Waals surface area contributed by atoms with Gasteiger partial charge in [-0.05, 0) is 60.9 Å².